The van der Waals surface area contributed by atoms with Crippen LogP contribution in [-0.2, 0) is 6.18 Å². The Hall–Kier alpha value is -0.850. The van der Waals surface area contributed by atoms with E-state index in [4.69, 9.17) is 11.6 Å². The minimum Gasteiger partial charge on any atom is -0.314 e. The van der Waals surface area contributed by atoms with Gasteiger partial charge in [0, 0.05) is 37.8 Å². The summed E-state index contributed by atoms with van der Waals surface area (Å²) in [6.07, 6.45) is -4.63. The number of nitrogens with zero attached hydrogens (tertiary/aromatic N) is 1. The molecule has 1 aromatic carbocycles. The predicted molar refractivity (Wildman–Crippen MR) is 83.1 cm³/mol. The van der Waals surface area contributed by atoms with Crippen LogP contribution in [0.4, 0.5) is 17.6 Å². The third-order valence-electron chi connectivity index (χ3n) is 4.05. The van der Waals surface area contributed by atoms with E-state index in [1.807, 2.05) is 25.7 Å². The lowest BCUT2D eigenvalue weighted by Crippen LogP contribution is -2.49. The van der Waals surface area contributed by atoms with E-state index in [0.717, 1.165) is 12.1 Å². The van der Waals surface area contributed by atoms with Gasteiger partial charge in [-0.2, -0.15) is 13.2 Å². The summed E-state index contributed by atoms with van der Waals surface area (Å²) in [4.78, 5) is 1.90. The summed E-state index contributed by atoms with van der Waals surface area (Å²) in [5.74, 6) is -0.972. The zero-order chi connectivity index (χ0) is 17.4. The van der Waals surface area contributed by atoms with Crippen molar-refractivity contribution < 1.29 is 17.6 Å². The molecule has 0 aromatic heterocycles. The number of halogens is 5. The molecule has 1 fully saturated rings. The van der Waals surface area contributed by atoms with Crippen molar-refractivity contribution in [1.82, 2.24) is 10.2 Å². The van der Waals surface area contributed by atoms with Crippen LogP contribution >= 0.6 is 11.6 Å². The molecular formula is C16H21ClF4N2. The molecule has 1 atom stereocenters. The van der Waals surface area contributed by atoms with Gasteiger partial charge >= 0.3 is 6.18 Å². The van der Waals surface area contributed by atoms with Crippen molar-refractivity contribution in [2.75, 3.05) is 26.2 Å². The van der Waals surface area contributed by atoms with E-state index in [9.17, 15) is 17.6 Å². The Morgan fingerprint density at radius 1 is 1.13 bits per heavy atom. The number of benzene rings is 1. The maximum absolute atomic E-state index is 14.7. The summed E-state index contributed by atoms with van der Waals surface area (Å²) in [6.45, 7) is 7.91. The molecule has 0 spiro atoms. The summed E-state index contributed by atoms with van der Waals surface area (Å²) in [5.41, 5.74) is -1.87. The first kappa shape index (κ1) is 18.5. The van der Waals surface area contributed by atoms with E-state index in [1.54, 1.807) is 0 Å². The van der Waals surface area contributed by atoms with Gasteiger partial charge in [-0.15, -0.1) is 0 Å². The van der Waals surface area contributed by atoms with Gasteiger partial charge in [0.1, 0.15) is 5.82 Å². The van der Waals surface area contributed by atoms with Crippen LogP contribution in [0.1, 0.15) is 37.9 Å². The minimum atomic E-state index is -4.63. The predicted octanol–water partition coefficient (Wildman–Crippen LogP) is 4.49. The molecule has 0 amide bonds. The molecule has 0 radical (unpaired) electrons. The van der Waals surface area contributed by atoms with Crippen LogP contribution in [0.15, 0.2) is 12.1 Å². The van der Waals surface area contributed by atoms with Crippen LogP contribution in [0, 0.1) is 11.2 Å². The van der Waals surface area contributed by atoms with Gasteiger partial charge in [0.2, 0.25) is 0 Å². The Labute approximate surface area is 138 Å². The minimum absolute atomic E-state index is 0.280. The molecule has 0 aliphatic carbocycles. The van der Waals surface area contributed by atoms with E-state index in [2.05, 4.69) is 5.32 Å². The first-order chi connectivity index (χ1) is 10.5. The molecule has 0 unspecified atom stereocenters. The third-order valence-corrected chi connectivity index (χ3v) is 4.34. The zero-order valence-corrected chi connectivity index (χ0v) is 14.2. The van der Waals surface area contributed by atoms with E-state index in [1.165, 1.54) is 0 Å². The first-order valence-electron chi connectivity index (χ1n) is 7.53. The van der Waals surface area contributed by atoms with Crippen molar-refractivity contribution in [3.63, 3.8) is 0 Å². The summed E-state index contributed by atoms with van der Waals surface area (Å²) in [5, 5.41) is 2.88. The van der Waals surface area contributed by atoms with Crippen LogP contribution in [0.3, 0.4) is 0 Å². The van der Waals surface area contributed by atoms with E-state index < -0.39 is 29.0 Å². The molecule has 23 heavy (non-hydrogen) atoms. The number of hydrogen-bond acceptors (Lipinski definition) is 2. The molecule has 130 valence electrons. The van der Waals surface area contributed by atoms with Gasteiger partial charge in [-0.05, 0) is 17.5 Å². The highest BCUT2D eigenvalue weighted by Crippen LogP contribution is 2.46. The van der Waals surface area contributed by atoms with Gasteiger partial charge in [0.25, 0.3) is 0 Å². The fourth-order valence-electron chi connectivity index (χ4n) is 3.18. The summed E-state index contributed by atoms with van der Waals surface area (Å²) >= 11 is 5.80. The van der Waals surface area contributed by atoms with Crippen molar-refractivity contribution in [3.8, 4) is 0 Å². The summed E-state index contributed by atoms with van der Waals surface area (Å²) in [6, 6.07) is 1.14. The molecule has 0 saturated carbocycles. The topological polar surface area (TPSA) is 15.3 Å². The van der Waals surface area contributed by atoms with Gasteiger partial charge < -0.3 is 5.32 Å². The maximum Gasteiger partial charge on any atom is 0.416 e. The monoisotopic (exact) mass is 352 g/mol. The molecule has 2 rings (SSSR count). The number of alkyl halides is 3. The van der Waals surface area contributed by atoms with Crippen molar-refractivity contribution >= 4 is 11.6 Å². The average Bonchev–Trinajstić information content (AvgIpc) is 2.42. The van der Waals surface area contributed by atoms with Crippen LogP contribution in [0.5, 0.6) is 0 Å². The van der Waals surface area contributed by atoms with E-state index in [0.29, 0.717) is 26.2 Å². The highest BCUT2D eigenvalue weighted by Gasteiger charge is 2.43. The molecule has 2 nitrogen and oxygen atoms in total. The first-order valence-corrected chi connectivity index (χ1v) is 7.91. The third kappa shape index (κ3) is 3.98. The zero-order valence-electron chi connectivity index (χ0n) is 13.4. The standard InChI is InChI=1S/C16H21ClF4N2/c1-15(2,3)14(23-8-6-22-7-9-23)12-10(16(19,20)21)4-5-11(17)13(12)18/h4-5,14,22H,6-9H2,1-3H3/t14-/m0/s1. The lowest BCUT2D eigenvalue weighted by molar-refractivity contribution is -0.139. The summed E-state index contributed by atoms with van der Waals surface area (Å²) < 4.78 is 55.0. The fraction of sp³-hybridized carbons (Fsp3) is 0.625. The second-order valence-corrected chi connectivity index (χ2v) is 7.28. The molecule has 1 heterocycles. The average molecular weight is 353 g/mol. The van der Waals surface area contributed by atoms with Crippen LogP contribution in [-0.4, -0.2) is 31.1 Å². The normalized spacial score (nSPS) is 19.0. The van der Waals surface area contributed by atoms with Crippen molar-refractivity contribution in [2.45, 2.75) is 33.0 Å². The molecular weight excluding hydrogens is 332 g/mol. The Kier molecular flexibility index (Phi) is 5.28. The van der Waals surface area contributed by atoms with Crippen LogP contribution in [0.2, 0.25) is 5.02 Å². The second-order valence-electron chi connectivity index (χ2n) is 6.87. The molecule has 1 aromatic rings. The van der Waals surface area contributed by atoms with E-state index in [-0.39, 0.29) is 10.6 Å². The molecule has 7 heteroatoms. The number of hydrogen-bond donors (Lipinski definition) is 1. The lowest BCUT2D eigenvalue weighted by atomic mass is 9.79. The molecule has 0 bridgehead atoms. The van der Waals surface area contributed by atoms with Gasteiger partial charge in [-0.3, -0.25) is 4.90 Å². The number of nitrogens with one attached hydrogen (secondary N) is 1. The number of rotatable bonds is 2. The largest absolute Gasteiger partial charge is 0.416 e. The van der Waals surface area contributed by atoms with E-state index >= 15 is 0 Å². The molecule has 1 saturated heterocycles. The maximum atomic E-state index is 14.7. The van der Waals surface area contributed by atoms with Gasteiger partial charge in [-0.25, -0.2) is 4.39 Å². The van der Waals surface area contributed by atoms with Crippen molar-refractivity contribution in [3.05, 3.63) is 34.1 Å². The smallest absolute Gasteiger partial charge is 0.314 e. The van der Waals surface area contributed by atoms with Gasteiger partial charge in [0.05, 0.1) is 10.6 Å². The fourth-order valence-corrected chi connectivity index (χ4v) is 3.35. The Balaban J connectivity index is 2.64. The van der Waals surface area contributed by atoms with Crippen LogP contribution < -0.4 is 5.32 Å². The summed E-state index contributed by atoms with van der Waals surface area (Å²) in [7, 11) is 0. The van der Waals surface area contributed by atoms with Crippen molar-refractivity contribution in [2.24, 2.45) is 5.41 Å². The quantitative estimate of drug-likeness (QED) is 0.789. The number of piperazine rings is 1. The van der Waals surface area contributed by atoms with Crippen LogP contribution in [0.25, 0.3) is 0 Å². The molecule has 1 N–H and O–H groups in total. The second kappa shape index (κ2) is 6.57. The Bertz CT molecular complexity index is 560. The SMILES string of the molecule is CC(C)(C)[C@H](c1c(C(F)(F)F)ccc(Cl)c1F)N1CCNCC1. The highest BCUT2D eigenvalue weighted by atomic mass is 35.5. The molecule has 1 aliphatic rings. The molecule has 1 aliphatic heterocycles. The Morgan fingerprint density at radius 3 is 2.17 bits per heavy atom. The van der Waals surface area contributed by atoms with Gasteiger partial charge in [0.15, 0.2) is 0 Å². The lowest BCUT2D eigenvalue weighted by Gasteiger charge is -2.43. The van der Waals surface area contributed by atoms with Crippen molar-refractivity contribution in [1.29, 1.82) is 0 Å². The highest BCUT2D eigenvalue weighted by molar-refractivity contribution is 6.30. The Morgan fingerprint density at radius 2 is 1.70 bits per heavy atom. The van der Waals surface area contributed by atoms with Gasteiger partial charge in [-0.1, -0.05) is 32.4 Å².